The Balaban J connectivity index is 1.60. The molecule has 0 aliphatic heterocycles. The van der Waals surface area contributed by atoms with Crippen LogP contribution in [-0.4, -0.2) is 10.8 Å². The zero-order valence-electron chi connectivity index (χ0n) is 21.1. The fraction of sp³-hybridized carbons (Fsp3) is 0.0286. The zero-order chi connectivity index (χ0) is 25.5. The molecule has 0 aliphatic rings. The first-order chi connectivity index (χ1) is 18.8. The van der Waals surface area contributed by atoms with Crippen molar-refractivity contribution in [3.8, 4) is 16.8 Å². The summed E-state index contributed by atoms with van der Waals surface area (Å²) in [5.41, 5.74) is 7.84. The van der Waals surface area contributed by atoms with Gasteiger partial charge in [-0.2, -0.15) is 4.57 Å². The van der Waals surface area contributed by atoms with Gasteiger partial charge in [0.05, 0.1) is 12.7 Å². The summed E-state index contributed by atoms with van der Waals surface area (Å²) in [5, 5.41) is 4.80. The number of aryl methyl sites for hydroxylation is 1. The molecule has 0 radical (unpaired) electrons. The van der Waals surface area contributed by atoms with E-state index in [4.69, 9.17) is 4.99 Å². The highest BCUT2D eigenvalue weighted by Gasteiger charge is 2.23. The summed E-state index contributed by atoms with van der Waals surface area (Å²) in [5.74, 6) is 0. The van der Waals surface area contributed by atoms with E-state index >= 15 is 0 Å². The molecule has 180 valence electrons. The van der Waals surface area contributed by atoms with Crippen molar-refractivity contribution in [3.05, 3.63) is 139 Å². The molecule has 0 N–H and O–H groups in total. The Kier molecular flexibility index (Phi) is 5.33. The lowest BCUT2D eigenvalue weighted by molar-refractivity contribution is -0.645. The van der Waals surface area contributed by atoms with E-state index in [1.54, 1.807) is 0 Å². The Bertz CT molecular complexity index is 1980. The third-order valence-electron chi connectivity index (χ3n) is 7.29. The second-order valence-electron chi connectivity index (χ2n) is 9.62. The molecule has 0 aliphatic carbocycles. The molecule has 0 spiro atoms. The van der Waals surface area contributed by atoms with Gasteiger partial charge in [-0.3, -0.25) is 4.99 Å². The van der Waals surface area contributed by atoms with Gasteiger partial charge < -0.3 is 0 Å². The highest BCUT2D eigenvalue weighted by Crippen LogP contribution is 2.44. The second-order valence-corrected chi connectivity index (χ2v) is 9.62. The Morgan fingerprint density at radius 3 is 2.03 bits per heavy atom. The molecule has 0 bridgehead atoms. The average Bonchev–Trinajstić information content (AvgIpc) is 3.32. The first-order valence-corrected chi connectivity index (χ1v) is 12.9. The van der Waals surface area contributed by atoms with Gasteiger partial charge in [-0.1, -0.05) is 103 Å². The monoisotopic (exact) mass is 488 g/mol. The van der Waals surface area contributed by atoms with Crippen LogP contribution in [0.15, 0.2) is 139 Å². The molecule has 38 heavy (non-hydrogen) atoms. The van der Waals surface area contributed by atoms with E-state index in [0.717, 1.165) is 22.5 Å². The van der Waals surface area contributed by atoms with E-state index in [-0.39, 0.29) is 0 Å². The van der Waals surface area contributed by atoms with Crippen molar-refractivity contribution < 1.29 is 4.57 Å². The van der Waals surface area contributed by atoms with E-state index < -0.39 is 0 Å². The van der Waals surface area contributed by atoms with Crippen molar-refractivity contribution in [2.45, 2.75) is 0 Å². The Morgan fingerprint density at radius 2 is 1.24 bits per heavy atom. The number of aromatic nitrogens is 2. The molecule has 0 fully saturated rings. The van der Waals surface area contributed by atoms with Crippen molar-refractivity contribution in [2.75, 3.05) is 0 Å². The standard InChI is InChI=1S/C35H26N3/c1-37-24-38(32-18-10-9-17-31(32)37)33-22-20-27-14-6-8-16-29(27)35(33)34-28-15-7-5-13-26(28)19-21-30(34)36-23-25-11-3-2-4-12-25/h2-24H,1H3/q+1. The van der Waals surface area contributed by atoms with Crippen LogP contribution in [0.25, 0.3) is 49.4 Å². The summed E-state index contributed by atoms with van der Waals surface area (Å²) in [6, 6.07) is 44.9. The number of rotatable bonds is 4. The topological polar surface area (TPSA) is 21.2 Å². The van der Waals surface area contributed by atoms with Crippen molar-refractivity contribution in [3.63, 3.8) is 0 Å². The van der Waals surface area contributed by atoms with Crippen LogP contribution < -0.4 is 4.57 Å². The SMILES string of the molecule is C[n+]1cn(-c2ccc3ccccc3c2-c2c(N=Cc3ccccc3)ccc3ccccc23)c2ccccc21. The van der Waals surface area contributed by atoms with Gasteiger partial charge in [0, 0.05) is 17.3 Å². The maximum atomic E-state index is 5.07. The number of hydrogen-bond donors (Lipinski definition) is 0. The summed E-state index contributed by atoms with van der Waals surface area (Å²) in [7, 11) is 2.10. The van der Waals surface area contributed by atoms with Crippen LogP contribution in [0.4, 0.5) is 5.69 Å². The number of para-hydroxylation sites is 2. The fourth-order valence-electron chi connectivity index (χ4n) is 5.49. The summed E-state index contributed by atoms with van der Waals surface area (Å²) in [6.07, 6.45) is 4.14. The third kappa shape index (κ3) is 3.68. The van der Waals surface area contributed by atoms with Gasteiger partial charge in [0.1, 0.15) is 5.69 Å². The number of imidazole rings is 1. The molecule has 1 aromatic heterocycles. The minimum atomic E-state index is 0.950. The fourth-order valence-corrected chi connectivity index (χ4v) is 5.49. The largest absolute Gasteiger partial charge is 0.256 e. The number of fused-ring (bicyclic) bond motifs is 3. The molecule has 3 heteroatoms. The van der Waals surface area contributed by atoms with E-state index in [0.29, 0.717) is 0 Å². The summed E-state index contributed by atoms with van der Waals surface area (Å²) < 4.78 is 4.50. The van der Waals surface area contributed by atoms with Gasteiger partial charge in [-0.25, -0.2) is 4.57 Å². The van der Waals surface area contributed by atoms with Crippen LogP contribution in [0.5, 0.6) is 0 Å². The minimum absolute atomic E-state index is 0.950. The van der Waals surface area contributed by atoms with Crippen molar-refractivity contribution in [1.82, 2.24) is 4.57 Å². The summed E-state index contributed by atoms with van der Waals surface area (Å²) in [4.78, 5) is 5.07. The normalized spacial score (nSPS) is 11.7. The molecule has 7 rings (SSSR count). The molecular weight excluding hydrogens is 462 g/mol. The Hall–Kier alpha value is -5.02. The molecule has 0 amide bonds. The minimum Gasteiger partial charge on any atom is -0.256 e. The van der Waals surface area contributed by atoms with E-state index in [1.807, 2.05) is 24.4 Å². The van der Waals surface area contributed by atoms with Crippen LogP contribution in [0.1, 0.15) is 5.56 Å². The van der Waals surface area contributed by atoms with Crippen LogP contribution in [0, 0.1) is 0 Å². The summed E-state index contributed by atoms with van der Waals surface area (Å²) in [6.45, 7) is 0. The third-order valence-corrected chi connectivity index (χ3v) is 7.29. The lowest BCUT2D eigenvalue weighted by Gasteiger charge is -2.16. The van der Waals surface area contributed by atoms with E-state index in [9.17, 15) is 0 Å². The molecular formula is C35H26N3+. The lowest BCUT2D eigenvalue weighted by atomic mass is 9.91. The maximum Gasteiger partial charge on any atom is 0.249 e. The highest BCUT2D eigenvalue weighted by molar-refractivity contribution is 6.12. The van der Waals surface area contributed by atoms with Crippen LogP contribution in [-0.2, 0) is 7.05 Å². The van der Waals surface area contributed by atoms with E-state index in [1.165, 1.54) is 38.1 Å². The van der Waals surface area contributed by atoms with Gasteiger partial charge in [0.2, 0.25) is 6.33 Å². The first kappa shape index (κ1) is 22.2. The molecule has 3 nitrogen and oxygen atoms in total. The molecule has 1 heterocycles. The van der Waals surface area contributed by atoms with Crippen LogP contribution >= 0.6 is 0 Å². The van der Waals surface area contributed by atoms with Gasteiger partial charge >= 0.3 is 0 Å². The van der Waals surface area contributed by atoms with Crippen molar-refractivity contribution >= 4 is 44.5 Å². The predicted octanol–water partition coefficient (Wildman–Crippen LogP) is 8.18. The average molecular weight is 489 g/mol. The molecule has 7 aromatic rings. The molecule has 0 unspecified atom stereocenters. The molecule has 6 aromatic carbocycles. The number of benzene rings is 6. The first-order valence-electron chi connectivity index (χ1n) is 12.9. The van der Waals surface area contributed by atoms with Gasteiger partial charge in [-0.15, -0.1) is 0 Å². The quantitative estimate of drug-likeness (QED) is 0.176. The van der Waals surface area contributed by atoms with E-state index in [2.05, 4.69) is 132 Å². The second kappa shape index (κ2) is 9.13. The molecule has 0 saturated carbocycles. The number of aliphatic imine (C=N–C) groups is 1. The highest BCUT2D eigenvalue weighted by atomic mass is 15.1. The molecule has 0 atom stereocenters. The zero-order valence-corrected chi connectivity index (χ0v) is 21.1. The van der Waals surface area contributed by atoms with Crippen LogP contribution in [0.3, 0.4) is 0 Å². The van der Waals surface area contributed by atoms with Crippen molar-refractivity contribution in [1.29, 1.82) is 0 Å². The maximum absolute atomic E-state index is 5.07. The predicted molar refractivity (Wildman–Crippen MR) is 159 cm³/mol. The number of hydrogen-bond acceptors (Lipinski definition) is 1. The van der Waals surface area contributed by atoms with Crippen LogP contribution in [0.2, 0.25) is 0 Å². The van der Waals surface area contributed by atoms with Crippen molar-refractivity contribution in [2.24, 2.45) is 12.0 Å². The smallest absolute Gasteiger partial charge is 0.249 e. The van der Waals surface area contributed by atoms with Gasteiger partial charge in [0.25, 0.3) is 0 Å². The summed E-state index contributed by atoms with van der Waals surface area (Å²) >= 11 is 0. The molecule has 0 saturated heterocycles. The van der Waals surface area contributed by atoms with Gasteiger partial charge in [-0.05, 0) is 51.4 Å². The Morgan fingerprint density at radius 1 is 0.605 bits per heavy atom. The van der Waals surface area contributed by atoms with Gasteiger partial charge in [0.15, 0.2) is 11.0 Å². The number of nitrogens with zero attached hydrogens (tertiary/aromatic N) is 3. The lowest BCUT2D eigenvalue weighted by Crippen LogP contribution is -2.25. The Labute approximate surface area is 221 Å².